The topological polar surface area (TPSA) is 0 Å². The maximum Gasteiger partial charge on any atom is 0.0295 e. The predicted molar refractivity (Wildman–Crippen MR) is 61.1 cm³/mol. The fourth-order valence-corrected chi connectivity index (χ4v) is 2.75. The van der Waals surface area contributed by atoms with Crippen LogP contribution in [0.3, 0.4) is 0 Å². The van der Waals surface area contributed by atoms with Gasteiger partial charge in [0.15, 0.2) is 0 Å². The molecular weight excluding hydrogens is 192 g/mol. The molecule has 1 atom stereocenters. The van der Waals surface area contributed by atoms with Gasteiger partial charge in [-0.1, -0.05) is 36.4 Å². The summed E-state index contributed by atoms with van der Waals surface area (Å²) in [5, 5.41) is 2.80. The van der Waals surface area contributed by atoms with Crippen molar-refractivity contribution in [3.63, 3.8) is 0 Å². The zero-order valence-corrected chi connectivity index (χ0v) is 8.59. The maximum absolute atomic E-state index is 5.98. The minimum atomic E-state index is 0.526. The molecule has 0 aliphatic heterocycles. The Hall–Kier alpha value is -1.01. The minimum absolute atomic E-state index is 0.526. The van der Waals surface area contributed by atoms with E-state index in [9.17, 15) is 0 Å². The molecule has 0 fully saturated rings. The molecule has 0 N–H and O–H groups in total. The van der Waals surface area contributed by atoms with Gasteiger partial charge in [-0.25, -0.2) is 0 Å². The van der Waals surface area contributed by atoms with Crippen molar-refractivity contribution < 1.29 is 0 Å². The average Bonchev–Trinajstić information content (AvgIpc) is 2.60. The number of hydrogen-bond donors (Lipinski definition) is 0. The molecule has 0 aromatic heterocycles. The van der Waals surface area contributed by atoms with Crippen LogP contribution in [0.15, 0.2) is 36.4 Å². The van der Waals surface area contributed by atoms with E-state index in [1.807, 2.05) is 0 Å². The van der Waals surface area contributed by atoms with Crippen LogP contribution in [0.1, 0.15) is 17.0 Å². The molecule has 1 aliphatic carbocycles. The summed E-state index contributed by atoms with van der Waals surface area (Å²) in [6.07, 6.45) is 1.11. The molecule has 2 aromatic rings. The monoisotopic (exact) mass is 202 g/mol. The first-order chi connectivity index (χ1) is 6.90. The Bertz CT molecular complexity index is 482. The third-order valence-electron chi connectivity index (χ3n) is 3.12. The van der Waals surface area contributed by atoms with E-state index in [0.717, 1.165) is 12.3 Å². The third-order valence-corrected chi connectivity index (χ3v) is 3.49. The van der Waals surface area contributed by atoms with Crippen LogP contribution in [-0.2, 0) is 6.42 Å². The van der Waals surface area contributed by atoms with E-state index in [-0.39, 0.29) is 0 Å². The van der Waals surface area contributed by atoms with Crippen molar-refractivity contribution in [2.75, 3.05) is 5.88 Å². The van der Waals surface area contributed by atoms with Gasteiger partial charge in [0.25, 0.3) is 0 Å². The number of rotatable bonds is 1. The number of hydrogen-bond acceptors (Lipinski definition) is 0. The lowest BCUT2D eigenvalue weighted by Gasteiger charge is -2.05. The molecule has 2 aromatic carbocycles. The van der Waals surface area contributed by atoms with Crippen LogP contribution in [0, 0.1) is 0 Å². The van der Waals surface area contributed by atoms with E-state index in [0.29, 0.717) is 5.92 Å². The van der Waals surface area contributed by atoms with Crippen molar-refractivity contribution in [1.29, 1.82) is 0 Å². The lowest BCUT2D eigenvalue weighted by atomic mass is 10.0. The van der Waals surface area contributed by atoms with Gasteiger partial charge in [-0.15, -0.1) is 11.6 Å². The molecule has 3 rings (SSSR count). The molecule has 0 radical (unpaired) electrons. The number of alkyl halides is 1. The van der Waals surface area contributed by atoms with Crippen molar-refractivity contribution in [2.45, 2.75) is 12.3 Å². The summed E-state index contributed by atoms with van der Waals surface area (Å²) >= 11 is 5.98. The van der Waals surface area contributed by atoms with Crippen LogP contribution in [0.5, 0.6) is 0 Å². The molecule has 0 saturated carbocycles. The van der Waals surface area contributed by atoms with E-state index in [4.69, 9.17) is 11.6 Å². The summed E-state index contributed by atoms with van der Waals surface area (Å²) in [5.74, 6) is 1.26. The van der Waals surface area contributed by atoms with E-state index >= 15 is 0 Å². The highest BCUT2D eigenvalue weighted by atomic mass is 35.5. The summed E-state index contributed by atoms with van der Waals surface area (Å²) in [7, 11) is 0. The van der Waals surface area contributed by atoms with Gasteiger partial charge in [0.1, 0.15) is 0 Å². The number of benzene rings is 2. The molecule has 1 heteroatoms. The SMILES string of the molecule is ClCC1Cc2cccc3cccc1c23. The maximum atomic E-state index is 5.98. The lowest BCUT2D eigenvalue weighted by molar-refractivity contribution is 0.806. The summed E-state index contributed by atoms with van der Waals surface area (Å²) in [5.41, 5.74) is 2.90. The van der Waals surface area contributed by atoms with Crippen LogP contribution in [0.2, 0.25) is 0 Å². The van der Waals surface area contributed by atoms with Crippen LogP contribution in [-0.4, -0.2) is 5.88 Å². The summed E-state index contributed by atoms with van der Waals surface area (Å²) in [6.45, 7) is 0. The predicted octanol–water partition coefficient (Wildman–Crippen LogP) is 3.72. The summed E-state index contributed by atoms with van der Waals surface area (Å²) in [6, 6.07) is 13.1. The van der Waals surface area contributed by atoms with Gasteiger partial charge in [0.2, 0.25) is 0 Å². The minimum Gasteiger partial charge on any atom is -0.126 e. The fraction of sp³-hybridized carbons (Fsp3) is 0.231. The Morgan fingerprint density at radius 3 is 2.71 bits per heavy atom. The Morgan fingerprint density at radius 1 is 1.14 bits per heavy atom. The molecule has 0 spiro atoms. The summed E-state index contributed by atoms with van der Waals surface area (Å²) in [4.78, 5) is 0. The third kappa shape index (κ3) is 1.01. The van der Waals surface area contributed by atoms with Gasteiger partial charge in [-0.05, 0) is 28.3 Å². The second kappa shape index (κ2) is 2.99. The normalized spacial score (nSPS) is 19.1. The zero-order valence-electron chi connectivity index (χ0n) is 7.83. The largest absolute Gasteiger partial charge is 0.126 e. The lowest BCUT2D eigenvalue weighted by Crippen LogP contribution is -1.96. The first-order valence-corrected chi connectivity index (χ1v) is 5.50. The van der Waals surface area contributed by atoms with Gasteiger partial charge >= 0.3 is 0 Å². The van der Waals surface area contributed by atoms with E-state index in [1.54, 1.807) is 0 Å². The van der Waals surface area contributed by atoms with Gasteiger partial charge < -0.3 is 0 Å². The van der Waals surface area contributed by atoms with Crippen LogP contribution in [0.25, 0.3) is 10.8 Å². The highest BCUT2D eigenvalue weighted by molar-refractivity contribution is 6.18. The van der Waals surface area contributed by atoms with E-state index in [1.165, 1.54) is 21.9 Å². The number of halogens is 1. The van der Waals surface area contributed by atoms with Crippen molar-refractivity contribution >= 4 is 22.4 Å². The summed E-state index contributed by atoms with van der Waals surface area (Å²) < 4.78 is 0. The quantitative estimate of drug-likeness (QED) is 0.619. The highest BCUT2D eigenvalue weighted by Crippen LogP contribution is 2.38. The standard InChI is InChI=1S/C13H11Cl/c14-8-11-7-10-5-1-3-9-4-2-6-12(11)13(9)10/h1-6,11H,7-8H2. The van der Waals surface area contributed by atoms with Crippen LogP contribution >= 0.6 is 11.6 Å². The Morgan fingerprint density at radius 2 is 1.93 bits per heavy atom. The van der Waals surface area contributed by atoms with Crippen molar-refractivity contribution in [1.82, 2.24) is 0 Å². The van der Waals surface area contributed by atoms with Gasteiger partial charge in [-0.2, -0.15) is 0 Å². The van der Waals surface area contributed by atoms with Crippen LogP contribution < -0.4 is 0 Å². The zero-order chi connectivity index (χ0) is 9.54. The van der Waals surface area contributed by atoms with Gasteiger partial charge in [0.05, 0.1) is 0 Å². The first-order valence-electron chi connectivity index (χ1n) is 4.96. The fourth-order valence-electron chi connectivity index (χ4n) is 2.47. The molecule has 1 aliphatic rings. The van der Waals surface area contributed by atoms with Crippen LogP contribution in [0.4, 0.5) is 0 Å². The molecule has 0 heterocycles. The smallest absolute Gasteiger partial charge is 0.0295 e. The Kier molecular flexibility index (Phi) is 1.78. The Balaban J connectivity index is 2.38. The molecule has 0 saturated heterocycles. The van der Waals surface area contributed by atoms with Crippen molar-refractivity contribution in [3.8, 4) is 0 Å². The molecule has 0 bridgehead atoms. The van der Waals surface area contributed by atoms with Gasteiger partial charge in [-0.3, -0.25) is 0 Å². The first kappa shape index (κ1) is 8.31. The van der Waals surface area contributed by atoms with Crippen molar-refractivity contribution in [3.05, 3.63) is 47.5 Å². The molecular formula is C13H11Cl. The average molecular weight is 203 g/mol. The Labute approximate surface area is 88.5 Å². The molecule has 0 amide bonds. The molecule has 70 valence electrons. The van der Waals surface area contributed by atoms with E-state index in [2.05, 4.69) is 36.4 Å². The van der Waals surface area contributed by atoms with Crippen molar-refractivity contribution in [2.24, 2.45) is 0 Å². The van der Waals surface area contributed by atoms with E-state index < -0.39 is 0 Å². The molecule has 1 unspecified atom stereocenters. The molecule has 14 heavy (non-hydrogen) atoms. The highest BCUT2D eigenvalue weighted by Gasteiger charge is 2.22. The second-order valence-corrected chi connectivity index (χ2v) is 4.23. The molecule has 0 nitrogen and oxygen atoms in total. The second-order valence-electron chi connectivity index (χ2n) is 3.92. The van der Waals surface area contributed by atoms with Gasteiger partial charge in [0, 0.05) is 11.8 Å².